The Balaban J connectivity index is 1.68. The molecule has 0 saturated heterocycles. The number of hydrogen-bond acceptors (Lipinski definition) is 6. The molecule has 0 radical (unpaired) electrons. The lowest BCUT2D eigenvalue weighted by Gasteiger charge is -2.34. The van der Waals surface area contributed by atoms with Gasteiger partial charge in [0.25, 0.3) is 17.5 Å². The fraction of sp³-hybridized carbons (Fsp3) is 0.320. The number of nitro benzene ring substituents is 1. The number of fused-ring (bicyclic) bond motifs is 1. The molecule has 0 unspecified atom stereocenters. The summed E-state index contributed by atoms with van der Waals surface area (Å²) in [6.45, 7) is 1.87. The van der Waals surface area contributed by atoms with Gasteiger partial charge in [0, 0.05) is 46.6 Å². The van der Waals surface area contributed by atoms with Crippen molar-refractivity contribution in [3.05, 3.63) is 78.0 Å². The maximum absolute atomic E-state index is 13.4. The predicted octanol–water partition coefficient (Wildman–Crippen LogP) is 4.02. The van der Waals surface area contributed by atoms with Crippen LogP contribution >= 0.6 is 15.9 Å². The molecule has 1 heterocycles. The number of halogens is 1. The highest BCUT2D eigenvalue weighted by Gasteiger charge is 2.31. The van der Waals surface area contributed by atoms with Crippen molar-refractivity contribution in [3.63, 3.8) is 0 Å². The molecule has 1 aliphatic carbocycles. The van der Waals surface area contributed by atoms with E-state index >= 15 is 0 Å². The van der Waals surface area contributed by atoms with Gasteiger partial charge < -0.3 is 20.9 Å². The van der Waals surface area contributed by atoms with E-state index in [-0.39, 0.29) is 40.1 Å². The highest BCUT2D eigenvalue weighted by atomic mass is 79.9. The first-order chi connectivity index (χ1) is 17.2. The zero-order chi connectivity index (χ0) is 26.0. The van der Waals surface area contributed by atoms with E-state index in [1.165, 1.54) is 25.2 Å². The smallest absolute Gasteiger partial charge is 0.294 e. The number of benzene rings is 2. The van der Waals surface area contributed by atoms with Crippen LogP contribution in [0.4, 0.5) is 11.4 Å². The first-order valence-corrected chi connectivity index (χ1v) is 12.4. The second kappa shape index (κ2) is 10.5. The third kappa shape index (κ3) is 5.11. The molecule has 1 aliphatic rings. The lowest BCUT2D eigenvalue weighted by atomic mass is 9.89. The number of nitro groups is 1. The fourth-order valence-electron chi connectivity index (χ4n) is 4.79. The molecule has 4 rings (SSSR count). The van der Waals surface area contributed by atoms with Crippen LogP contribution in [-0.2, 0) is 0 Å². The summed E-state index contributed by atoms with van der Waals surface area (Å²) in [7, 11) is 1.45. The van der Waals surface area contributed by atoms with E-state index in [1.807, 2.05) is 19.1 Å². The number of rotatable bonds is 6. The molecule has 1 fully saturated rings. The van der Waals surface area contributed by atoms with Crippen LogP contribution in [-0.4, -0.2) is 40.9 Å². The quantitative estimate of drug-likeness (QED) is 0.267. The maximum atomic E-state index is 13.4. The number of nitrogens with one attached hydrogen (secondary N) is 4. The van der Waals surface area contributed by atoms with Crippen LogP contribution in [0.5, 0.6) is 0 Å². The van der Waals surface area contributed by atoms with Gasteiger partial charge in [-0.1, -0.05) is 40.9 Å². The Kier molecular flexibility index (Phi) is 7.39. The Morgan fingerprint density at radius 3 is 2.50 bits per heavy atom. The van der Waals surface area contributed by atoms with Crippen LogP contribution in [0.3, 0.4) is 0 Å². The van der Waals surface area contributed by atoms with E-state index in [0.717, 1.165) is 18.4 Å². The normalized spacial score (nSPS) is 17.4. The van der Waals surface area contributed by atoms with Crippen LogP contribution in [0.2, 0.25) is 0 Å². The van der Waals surface area contributed by atoms with Gasteiger partial charge in [0.05, 0.1) is 16.1 Å². The number of nitrogens with zero attached hydrogens (tertiary/aromatic N) is 1. The summed E-state index contributed by atoms with van der Waals surface area (Å²) in [5.41, 5.74) is 1.32. The molecule has 188 valence electrons. The molecule has 0 bridgehead atoms. The molecule has 1 saturated carbocycles. The number of amides is 2. The van der Waals surface area contributed by atoms with Crippen molar-refractivity contribution < 1.29 is 14.5 Å². The number of hydrogen-bond donors (Lipinski definition) is 4. The molecule has 36 heavy (non-hydrogen) atoms. The van der Waals surface area contributed by atoms with E-state index < -0.39 is 16.7 Å². The summed E-state index contributed by atoms with van der Waals surface area (Å²) in [5, 5.41) is 21.3. The van der Waals surface area contributed by atoms with Gasteiger partial charge in [-0.05, 0) is 37.5 Å². The van der Waals surface area contributed by atoms with Crippen molar-refractivity contribution in [1.82, 2.24) is 15.6 Å². The molecule has 11 heteroatoms. The monoisotopic (exact) mass is 555 g/mol. The highest BCUT2D eigenvalue weighted by Crippen LogP contribution is 2.35. The Labute approximate surface area is 215 Å². The summed E-state index contributed by atoms with van der Waals surface area (Å²) < 4.78 is 0.406. The van der Waals surface area contributed by atoms with Gasteiger partial charge in [-0.15, -0.1) is 0 Å². The third-order valence-electron chi connectivity index (χ3n) is 6.48. The molecule has 4 N–H and O–H groups in total. The van der Waals surface area contributed by atoms with Crippen LogP contribution in [0.15, 0.2) is 45.7 Å². The predicted molar refractivity (Wildman–Crippen MR) is 141 cm³/mol. The fourth-order valence-corrected chi connectivity index (χ4v) is 5.24. The van der Waals surface area contributed by atoms with Crippen molar-refractivity contribution in [2.45, 2.75) is 44.7 Å². The average molecular weight is 556 g/mol. The Hall–Kier alpha value is -3.73. The number of aryl methyl sites for hydroxylation is 1. The summed E-state index contributed by atoms with van der Waals surface area (Å²) in [6, 6.07) is 8.86. The van der Waals surface area contributed by atoms with Gasteiger partial charge in [-0.25, -0.2) is 0 Å². The van der Waals surface area contributed by atoms with Crippen LogP contribution < -0.4 is 21.5 Å². The zero-order valence-electron chi connectivity index (χ0n) is 19.8. The van der Waals surface area contributed by atoms with Gasteiger partial charge >= 0.3 is 0 Å². The number of carbonyl (C=O) groups is 2. The molecule has 2 amide bonds. The SMILES string of the molecule is CNC(=O)c1cc(Br)cc([N+](=O)[O-])c1N[C@@H]1CCCC[C@@H]1NC(=O)c1cc(=O)[nH]c2cccc(C)c12. The van der Waals surface area contributed by atoms with Gasteiger partial charge in [-0.3, -0.25) is 24.5 Å². The molecule has 1 aromatic heterocycles. The highest BCUT2D eigenvalue weighted by molar-refractivity contribution is 9.10. The van der Waals surface area contributed by atoms with E-state index in [0.29, 0.717) is 28.2 Å². The number of pyridine rings is 1. The number of carbonyl (C=O) groups excluding carboxylic acids is 2. The van der Waals surface area contributed by atoms with E-state index in [2.05, 4.69) is 36.9 Å². The van der Waals surface area contributed by atoms with Crippen molar-refractivity contribution in [2.75, 3.05) is 12.4 Å². The third-order valence-corrected chi connectivity index (χ3v) is 6.94. The Morgan fingerprint density at radius 1 is 1.08 bits per heavy atom. The average Bonchev–Trinajstić information content (AvgIpc) is 2.84. The Morgan fingerprint density at radius 2 is 1.81 bits per heavy atom. The maximum Gasteiger partial charge on any atom is 0.294 e. The second-order valence-corrected chi connectivity index (χ2v) is 9.76. The van der Waals surface area contributed by atoms with Crippen molar-refractivity contribution in [3.8, 4) is 0 Å². The number of anilines is 1. The molecule has 0 aliphatic heterocycles. The Bertz CT molecular complexity index is 1420. The summed E-state index contributed by atoms with van der Waals surface area (Å²) >= 11 is 3.24. The number of aromatic amines is 1. The van der Waals surface area contributed by atoms with Crippen LogP contribution in [0.1, 0.15) is 52.0 Å². The molecule has 2 aromatic carbocycles. The lowest BCUT2D eigenvalue weighted by molar-refractivity contribution is -0.384. The minimum absolute atomic E-state index is 0.103. The van der Waals surface area contributed by atoms with Crippen molar-refractivity contribution in [1.29, 1.82) is 0 Å². The summed E-state index contributed by atoms with van der Waals surface area (Å²) in [5.74, 6) is -0.861. The van der Waals surface area contributed by atoms with Crippen LogP contribution in [0, 0.1) is 17.0 Å². The molecular weight excluding hydrogens is 530 g/mol. The second-order valence-electron chi connectivity index (χ2n) is 8.84. The minimum Gasteiger partial charge on any atom is -0.374 e. The molecule has 0 spiro atoms. The van der Waals surface area contributed by atoms with E-state index in [9.17, 15) is 24.5 Å². The molecule has 10 nitrogen and oxygen atoms in total. The van der Waals surface area contributed by atoms with Crippen molar-refractivity contribution >= 4 is 50.0 Å². The van der Waals surface area contributed by atoms with E-state index in [1.54, 1.807) is 6.07 Å². The topological polar surface area (TPSA) is 146 Å². The summed E-state index contributed by atoms with van der Waals surface area (Å²) in [4.78, 5) is 52.2. The lowest BCUT2D eigenvalue weighted by Crippen LogP contribution is -2.49. The van der Waals surface area contributed by atoms with Crippen LogP contribution in [0.25, 0.3) is 10.9 Å². The number of H-pyrrole nitrogens is 1. The minimum atomic E-state index is -0.541. The largest absolute Gasteiger partial charge is 0.374 e. The van der Waals surface area contributed by atoms with Gasteiger partial charge in [-0.2, -0.15) is 0 Å². The van der Waals surface area contributed by atoms with E-state index in [4.69, 9.17) is 0 Å². The molecular formula is C25H26BrN5O5. The summed E-state index contributed by atoms with van der Waals surface area (Å²) in [6.07, 6.45) is 3.00. The molecule has 2 atom stereocenters. The van der Waals surface area contributed by atoms with Gasteiger partial charge in [0.15, 0.2) is 0 Å². The van der Waals surface area contributed by atoms with Crippen molar-refractivity contribution in [2.24, 2.45) is 0 Å². The first kappa shape index (κ1) is 25.4. The van der Waals surface area contributed by atoms with Gasteiger partial charge in [0.1, 0.15) is 5.69 Å². The standard InChI is InChI=1S/C25H26BrN5O5/c1-13-6-5-9-19-22(13)15(12-21(32)28-19)25(34)30-18-8-4-3-7-17(18)29-23-16(24(33)27-2)10-14(26)11-20(23)31(35)36/h5-6,9-12,17-18,29H,3-4,7-8H2,1-2H3,(H,27,33)(H,28,32)(H,30,34)/t17-,18+/m1/s1. The molecule has 3 aromatic rings. The zero-order valence-corrected chi connectivity index (χ0v) is 21.4. The first-order valence-electron chi connectivity index (χ1n) is 11.6. The number of aromatic nitrogens is 1. The van der Waals surface area contributed by atoms with Gasteiger partial charge in [0.2, 0.25) is 5.56 Å².